The maximum atomic E-state index is 13.1. The summed E-state index contributed by atoms with van der Waals surface area (Å²) in [5.41, 5.74) is 0.649. The smallest absolute Gasteiger partial charge is 0.254 e. The number of aromatic nitrogens is 3. The van der Waals surface area contributed by atoms with Gasteiger partial charge >= 0.3 is 0 Å². The second kappa shape index (κ2) is 6.96. The van der Waals surface area contributed by atoms with Crippen LogP contribution >= 0.6 is 0 Å². The Morgan fingerprint density at radius 3 is 2.84 bits per heavy atom. The first-order valence-corrected chi connectivity index (χ1v) is 9.17. The first kappa shape index (κ1) is 16.3. The number of rotatable bonds is 3. The van der Waals surface area contributed by atoms with Crippen LogP contribution in [0.3, 0.4) is 0 Å². The molecule has 0 bridgehead atoms. The highest BCUT2D eigenvalue weighted by molar-refractivity contribution is 5.95. The van der Waals surface area contributed by atoms with Crippen LogP contribution in [0, 0.1) is 5.92 Å². The number of amides is 1. The summed E-state index contributed by atoms with van der Waals surface area (Å²) in [7, 11) is 0. The molecule has 0 spiro atoms. The van der Waals surface area contributed by atoms with Crippen LogP contribution in [0.1, 0.15) is 48.9 Å². The van der Waals surface area contributed by atoms with Gasteiger partial charge in [-0.15, -0.1) is 0 Å². The molecule has 2 aromatic heterocycles. The van der Waals surface area contributed by atoms with Crippen LogP contribution in [0.25, 0.3) is 5.82 Å². The molecule has 1 aliphatic heterocycles. The summed E-state index contributed by atoms with van der Waals surface area (Å²) in [5.74, 6) is 0.955. The quantitative estimate of drug-likeness (QED) is 0.931. The molecule has 1 aliphatic carbocycles. The number of likely N-dealkylation sites (tertiary alicyclic amines) is 1. The third kappa shape index (κ3) is 3.18. The van der Waals surface area contributed by atoms with Crippen molar-refractivity contribution in [2.45, 2.75) is 50.7 Å². The van der Waals surface area contributed by atoms with Crippen LogP contribution in [0.4, 0.5) is 0 Å². The van der Waals surface area contributed by atoms with Gasteiger partial charge in [-0.1, -0.05) is 12.8 Å². The molecule has 1 saturated heterocycles. The maximum Gasteiger partial charge on any atom is 0.254 e. The highest BCUT2D eigenvalue weighted by Crippen LogP contribution is 2.35. The van der Waals surface area contributed by atoms with E-state index in [-0.39, 0.29) is 24.0 Å². The number of hydrogen-bond acceptors (Lipinski definition) is 4. The zero-order chi connectivity index (χ0) is 17.2. The molecular weight excluding hydrogens is 316 g/mol. The molecule has 0 radical (unpaired) electrons. The Labute approximate surface area is 147 Å². The summed E-state index contributed by atoms with van der Waals surface area (Å²) in [6.45, 7) is 0.773. The number of imidazole rings is 1. The summed E-state index contributed by atoms with van der Waals surface area (Å²) < 4.78 is 1.79. The lowest BCUT2D eigenvalue weighted by atomic mass is 9.80. The summed E-state index contributed by atoms with van der Waals surface area (Å²) >= 11 is 0. The number of pyridine rings is 1. The third-order valence-corrected chi connectivity index (χ3v) is 5.60. The van der Waals surface area contributed by atoms with Gasteiger partial charge in [-0.05, 0) is 37.8 Å². The number of aliphatic hydroxyl groups is 1. The van der Waals surface area contributed by atoms with Gasteiger partial charge in [-0.3, -0.25) is 9.36 Å². The van der Waals surface area contributed by atoms with E-state index in [4.69, 9.17) is 0 Å². The minimum atomic E-state index is -0.272. The largest absolute Gasteiger partial charge is 0.393 e. The fourth-order valence-electron chi connectivity index (χ4n) is 4.33. The van der Waals surface area contributed by atoms with Crippen molar-refractivity contribution in [1.29, 1.82) is 0 Å². The van der Waals surface area contributed by atoms with Crippen LogP contribution in [0.2, 0.25) is 0 Å². The predicted octanol–water partition coefficient (Wildman–Crippen LogP) is 2.42. The van der Waals surface area contributed by atoms with Crippen LogP contribution in [0.5, 0.6) is 0 Å². The minimum Gasteiger partial charge on any atom is -0.393 e. The lowest BCUT2D eigenvalue weighted by Crippen LogP contribution is -2.45. The Morgan fingerprint density at radius 1 is 1.16 bits per heavy atom. The molecule has 4 rings (SSSR count). The lowest BCUT2D eigenvalue weighted by Gasteiger charge is -2.37. The van der Waals surface area contributed by atoms with E-state index in [9.17, 15) is 9.90 Å². The molecule has 132 valence electrons. The Hall–Kier alpha value is -2.21. The number of nitrogens with zero attached hydrogens (tertiary/aromatic N) is 4. The van der Waals surface area contributed by atoms with E-state index in [0.717, 1.165) is 45.1 Å². The summed E-state index contributed by atoms with van der Waals surface area (Å²) in [5, 5.41) is 10.4. The van der Waals surface area contributed by atoms with Crippen LogP contribution in [0.15, 0.2) is 37.1 Å². The highest BCUT2D eigenvalue weighted by Gasteiger charge is 2.39. The van der Waals surface area contributed by atoms with Crippen molar-refractivity contribution in [1.82, 2.24) is 19.4 Å². The second-order valence-electron chi connectivity index (χ2n) is 7.10. The van der Waals surface area contributed by atoms with Gasteiger partial charge in [0.1, 0.15) is 12.1 Å². The topological polar surface area (TPSA) is 71.2 Å². The van der Waals surface area contributed by atoms with Gasteiger partial charge in [0, 0.05) is 42.7 Å². The fourth-order valence-corrected chi connectivity index (χ4v) is 4.33. The van der Waals surface area contributed by atoms with Crippen LogP contribution in [-0.4, -0.2) is 49.1 Å². The average molecular weight is 340 g/mol. The first-order valence-electron chi connectivity index (χ1n) is 9.17. The summed E-state index contributed by atoms with van der Waals surface area (Å²) in [4.78, 5) is 23.5. The molecule has 6 heteroatoms. The number of aliphatic hydroxyl groups excluding tert-OH is 1. The molecule has 2 aromatic rings. The maximum absolute atomic E-state index is 13.1. The zero-order valence-corrected chi connectivity index (χ0v) is 14.3. The first-order chi connectivity index (χ1) is 12.2. The van der Waals surface area contributed by atoms with E-state index >= 15 is 0 Å². The SMILES string of the molecule is O=C(c1ccnc(-n2ccnc2)c1)N1CCC[C@@H]1[C@@H]1CCCC[C@H]1O. The van der Waals surface area contributed by atoms with Crippen molar-refractivity contribution in [3.8, 4) is 5.82 Å². The number of carbonyl (C=O) groups is 1. The van der Waals surface area contributed by atoms with Crippen molar-refractivity contribution in [2.75, 3.05) is 6.54 Å². The average Bonchev–Trinajstić information content (AvgIpc) is 3.33. The van der Waals surface area contributed by atoms with Gasteiger partial charge in [0.05, 0.1) is 6.10 Å². The fraction of sp³-hybridized carbons (Fsp3) is 0.526. The van der Waals surface area contributed by atoms with Crippen molar-refractivity contribution in [3.05, 3.63) is 42.6 Å². The number of carbonyl (C=O) groups excluding carboxylic acids is 1. The minimum absolute atomic E-state index is 0.0454. The van der Waals surface area contributed by atoms with Crippen molar-refractivity contribution in [2.24, 2.45) is 5.92 Å². The molecule has 2 aliphatic rings. The zero-order valence-electron chi connectivity index (χ0n) is 14.3. The van der Waals surface area contributed by atoms with Gasteiger partial charge in [-0.25, -0.2) is 9.97 Å². The second-order valence-corrected chi connectivity index (χ2v) is 7.10. The van der Waals surface area contributed by atoms with Gasteiger partial charge < -0.3 is 10.0 Å². The van der Waals surface area contributed by atoms with Gasteiger partial charge in [0.2, 0.25) is 0 Å². The van der Waals surface area contributed by atoms with E-state index in [1.54, 1.807) is 29.4 Å². The predicted molar refractivity (Wildman–Crippen MR) is 93.4 cm³/mol. The van der Waals surface area contributed by atoms with Gasteiger partial charge in [0.25, 0.3) is 5.91 Å². The van der Waals surface area contributed by atoms with E-state index in [1.165, 1.54) is 0 Å². The van der Waals surface area contributed by atoms with E-state index in [1.807, 2.05) is 17.2 Å². The van der Waals surface area contributed by atoms with Crippen molar-refractivity contribution < 1.29 is 9.90 Å². The molecule has 6 nitrogen and oxygen atoms in total. The van der Waals surface area contributed by atoms with E-state index in [2.05, 4.69) is 9.97 Å². The Bertz CT molecular complexity index is 731. The van der Waals surface area contributed by atoms with Gasteiger partial charge in [-0.2, -0.15) is 0 Å². The molecule has 0 aromatic carbocycles. The monoisotopic (exact) mass is 340 g/mol. The molecule has 25 heavy (non-hydrogen) atoms. The summed E-state index contributed by atoms with van der Waals surface area (Å²) in [6.07, 6.45) is 12.7. The molecule has 1 amide bonds. The molecule has 3 atom stereocenters. The lowest BCUT2D eigenvalue weighted by molar-refractivity contribution is 0.0211. The van der Waals surface area contributed by atoms with Gasteiger partial charge in [0.15, 0.2) is 0 Å². The normalized spacial score (nSPS) is 26.8. The van der Waals surface area contributed by atoms with Crippen LogP contribution < -0.4 is 0 Å². The Morgan fingerprint density at radius 2 is 2.04 bits per heavy atom. The third-order valence-electron chi connectivity index (χ3n) is 5.60. The van der Waals surface area contributed by atoms with E-state index < -0.39 is 0 Å². The van der Waals surface area contributed by atoms with Crippen molar-refractivity contribution >= 4 is 5.91 Å². The molecular formula is C19H24N4O2. The molecule has 1 saturated carbocycles. The summed E-state index contributed by atoms with van der Waals surface area (Å²) in [6, 6.07) is 3.75. The van der Waals surface area contributed by atoms with Crippen LogP contribution in [-0.2, 0) is 0 Å². The van der Waals surface area contributed by atoms with E-state index in [0.29, 0.717) is 11.4 Å². The molecule has 1 N–H and O–H groups in total. The van der Waals surface area contributed by atoms with Crippen molar-refractivity contribution in [3.63, 3.8) is 0 Å². The highest BCUT2D eigenvalue weighted by atomic mass is 16.3. The molecule has 2 fully saturated rings. The molecule has 0 unspecified atom stereocenters. The standard InChI is InChI=1S/C19H24N4O2/c24-17-6-2-1-4-15(17)16-5-3-10-23(16)19(25)14-7-8-21-18(12-14)22-11-9-20-13-22/h7-9,11-13,15-17,24H,1-6,10H2/t15-,16+,17+/m0/s1. The number of hydrogen-bond donors (Lipinski definition) is 1. The molecule has 3 heterocycles. The Balaban J connectivity index is 1.56. The Kier molecular flexibility index (Phi) is 4.53.